The Balaban J connectivity index is 2.10. The normalized spacial score (nSPS) is 10.4. The number of nitrogen functional groups attached to an aromatic ring is 1. The van der Waals surface area contributed by atoms with Gasteiger partial charge in [-0.05, 0) is 30.0 Å². The van der Waals surface area contributed by atoms with Gasteiger partial charge in [-0.15, -0.1) is 11.3 Å². The second-order valence-electron chi connectivity index (χ2n) is 4.51. The summed E-state index contributed by atoms with van der Waals surface area (Å²) >= 11 is 1.77. The van der Waals surface area contributed by atoms with E-state index in [4.69, 9.17) is 10.5 Å². The van der Waals surface area contributed by atoms with E-state index in [9.17, 15) is 0 Å². The van der Waals surface area contributed by atoms with Crippen LogP contribution in [0.1, 0.15) is 18.2 Å². The Hall–Kier alpha value is -1.68. The highest BCUT2D eigenvalue weighted by molar-refractivity contribution is 7.09. The van der Waals surface area contributed by atoms with Gasteiger partial charge < -0.3 is 15.4 Å². The van der Waals surface area contributed by atoms with Crippen molar-refractivity contribution in [2.24, 2.45) is 0 Å². The standard InChI is InChI=1S/C15H20N2OS/c1-3-8-18-15-10-12(6-7-14(15)16)17(2)11-13-5-4-9-19-13/h4-7,9-10H,3,8,11,16H2,1-2H3. The van der Waals surface area contributed by atoms with Gasteiger partial charge in [0.05, 0.1) is 18.8 Å². The highest BCUT2D eigenvalue weighted by atomic mass is 32.1. The lowest BCUT2D eigenvalue weighted by molar-refractivity contribution is 0.319. The number of nitrogens with zero attached hydrogens (tertiary/aromatic N) is 1. The lowest BCUT2D eigenvalue weighted by Gasteiger charge is -2.20. The molecular formula is C15H20N2OS. The van der Waals surface area contributed by atoms with Crippen molar-refractivity contribution in [3.05, 3.63) is 40.6 Å². The van der Waals surface area contributed by atoms with E-state index in [-0.39, 0.29) is 0 Å². The van der Waals surface area contributed by atoms with Crippen LogP contribution in [0.25, 0.3) is 0 Å². The van der Waals surface area contributed by atoms with Crippen molar-refractivity contribution in [1.29, 1.82) is 0 Å². The Kier molecular flexibility index (Phi) is 4.68. The van der Waals surface area contributed by atoms with E-state index >= 15 is 0 Å². The smallest absolute Gasteiger partial charge is 0.144 e. The number of anilines is 2. The first kappa shape index (κ1) is 13.7. The molecule has 2 aromatic rings. The van der Waals surface area contributed by atoms with Gasteiger partial charge in [-0.2, -0.15) is 0 Å². The van der Waals surface area contributed by atoms with Crippen LogP contribution in [0.4, 0.5) is 11.4 Å². The quantitative estimate of drug-likeness (QED) is 0.817. The molecule has 3 nitrogen and oxygen atoms in total. The molecule has 19 heavy (non-hydrogen) atoms. The Morgan fingerprint density at radius 2 is 2.16 bits per heavy atom. The molecule has 0 unspecified atom stereocenters. The maximum atomic E-state index is 5.92. The van der Waals surface area contributed by atoms with Crippen LogP contribution in [-0.2, 0) is 6.54 Å². The fraction of sp³-hybridized carbons (Fsp3) is 0.333. The number of thiophene rings is 1. The summed E-state index contributed by atoms with van der Waals surface area (Å²) in [5, 5.41) is 2.10. The van der Waals surface area contributed by atoms with E-state index < -0.39 is 0 Å². The van der Waals surface area contributed by atoms with E-state index in [2.05, 4.69) is 36.4 Å². The van der Waals surface area contributed by atoms with Gasteiger partial charge in [0.15, 0.2) is 0 Å². The maximum absolute atomic E-state index is 5.92. The van der Waals surface area contributed by atoms with Gasteiger partial charge in [-0.25, -0.2) is 0 Å². The molecule has 0 bridgehead atoms. The molecule has 1 aromatic carbocycles. The lowest BCUT2D eigenvalue weighted by Crippen LogP contribution is -2.15. The number of ether oxygens (including phenoxy) is 1. The minimum absolute atomic E-state index is 0.696. The summed E-state index contributed by atoms with van der Waals surface area (Å²) in [5.74, 6) is 0.775. The minimum atomic E-state index is 0.696. The predicted molar refractivity (Wildman–Crippen MR) is 83.1 cm³/mol. The first-order valence-corrected chi connectivity index (χ1v) is 7.34. The van der Waals surface area contributed by atoms with Crippen molar-refractivity contribution >= 4 is 22.7 Å². The third-order valence-corrected chi connectivity index (χ3v) is 3.73. The van der Waals surface area contributed by atoms with Gasteiger partial charge >= 0.3 is 0 Å². The summed E-state index contributed by atoms with van der Waals surface area (Å²) in [6.45, 7) is 3.68. The van der Waals surface area contributed by atoms with Crippen LogP contribution in [0.15, 0.2) is 35.7 Å². The summed E-state index contributed by atoms with van der Waals surface area (Å²) in [7, 11) is 2.08. The van der Waals surface area contributed by atoms with Gasteiger partial charge in [-0.3, -0.25) is 0 Å². The van der Waals surface area contributed by atoms with Gasteiger partial charge in [0.25, 0.3) is 0 Å². The molecule has 0 saturated heterocycles. The van der Waals surface area contributed by atoms with Gasteiger partial charge in [0.1, 0.15) is 5.75 Å². The molecule has 2 N–H and O–H groups in total. The number of rotatable bonds is 6. The van der Waals surface area contributed by atoms with Crippen molar-refractivity contribution in [1.82, 2.24) is 0 Å². The summed E-state index contributed by atoms with van der Waals surface area (Å²) in [6.07, 6.45) is 0.981. The summed E-state index contributed by atoms with van der Waals surface area (Å²) in [6, 6.07) is 10.2. The first-order valence-electron chi connectivity index (χ1n) is 6.46. The number of hydrogen-bond acceptors (Lipinski definition) is 4. The zero-order chi connectivity index (χ0) is 13.7. The SMILES string of the molecule is CCCOc1cc(N(C)Cc2cccs2)ccc1N. The zero-order valence-electron chi connectivity index (χ0n) is 11.4. The van der Waals surface area contributed by atoms with Gasteiger partial charge in [0, 0.05) is 23.7 Å². The average Bonchev–Trinajstić information content (AvgIpc) is 2.90. The highest BCUT2D eigenvalue weighted by Gasteiger charge is 2.07. The summed E-state index contributed by atoms with van der Waals surface area (Å²) in [4.78, 5) is 3.54. The molecule has 1 heterocycles. The molecule has 0 radical (unpaired) electrons. The summed E-state index contributed by atoms with van der Waals surface area (Å²) < 4.78 is 5.66. The molecule has 102 valence electrons. The van der Waals surface area contributed by atoms with Crippen LogP contribution in [0.5, 0.6) is 5.75 Å². The van der Waals surface area contributed by atoms with Crippen LogP contribution in [0, 0.1) is 0 Å². The van der Waals surface area contributed by atoms with Crippen molar-refractivity contribution in [3.63, 3.8) is 0 Å². The number of benzene rings is 1. The second kappa shape index (κ2) is 6.48. The largest absolute Gasteiger partial charge is 0.491 e. The van der Waals surface area contributed by atoms with Crippen LogP contribution in [-0.4, -0.2) is 13.7 Å². The molecule has 1 aromatic heterocycles. The molecule has 0 atom stereocenters. The van der Waals surface area contributed by atoms with Crippen LogP contribution in [0.2, 0.25) is 0 Å². The zero-order valence-corrected chi connectivity index (χ0v) is 12.2. The Bertz CT molecular complexity index is 511. The van der Waals surface area contributed by atoms with E-state index in [1.54, 1.807) is 11.3 Å². The van der Waals surface area contributed by atoms with Crippen molar-refractivity contribution < 1.29 is 4.74 Å². The molecular weight excluding hydrogens is 256 g/mol. The molecule has 2 rings (SSSR count). The molecule has 0 amide bonds. The molecule has 0 aliphatic carbocycles. The molecule has 0 aliphatic rings. The van der Waals surface area contributed by atoms with E-state index in [0.717, 1.165) is 24.4 Å². The van der Waals surface area contributed by atoms with Crippen molar-refractivity contribution in [2.75, 3.05) is 24.3 Å². The van der Waals surface area contributed by atoms with Crippen molar-refractivity contribution in [3.8, 4) is 5.75 Å². The van der Waals surface area contributed by atoms with E-state index in [1.165, 1.54) is 4.88 Å². The molecule has 0 aliphatic heterocycles. The van der Waals surface area contributed by atoms with Crippen molar-refractivity contribution in [2.45, 2.75) is 19.9 Å². The third kappa shape index (κ3) is 3.64. The molecule has 0 spiro atoms. The topological polar surface area (TPSA) is 38.5 Å². The second-order valence-corrected chi connectivity index (χ2v) is 5.54. The predicted octanol–water partition coefficient (Wildman–Crippen LogP) is 3.76. The molecule has 0 saturated carbocycles. The van der Waals surface area contributed by atoms with Crippen LogP contribution >= 0.6 is 11.3 Å². The highest BCUT2D eigenvalue weighted by Crippen LogP contribution is 2.28. The first-order chi connectivity index (χ1) is 9.20. The number of nitrogens with two attached hydrogens (primary N) is 1. The monoisotopic (exact) mass is 276 g/mol. The minimum Gasteiger partial charge on any atom is -0.491 e. The summed E-state index contributed by atoms with van der Waals surface area (Å²) in [5.41, 5.74) is 7.74. The Morgan fingerprint density at radius 3 is 2.84 bits per heavy atom. The van der Waals surface area contributed by atoms with E-state index in [1.807, 2.05) is 18.2 Å². The van der Waals surface area contributed by atoms with Gasteiger partial charge in [0.2, 0.25) is 0 Å². The fourth-order valence-corrected chi connectivity index (χ4v) is 2.58. The molecule has 4 heteroatoms. The fourth-order valence-electron chi connectivity index (χ4n) is 1.83. The maximum Gasteiger partial charge on any atom is 0.144 e. The number of hydrogen-bond donors (Lipinski definition) is 1. The third-order valence-electron chi connectivity index (χ3n) is 2.87. The van der Waals surface area contributed by atoms with Crippen LogP contribution in [0.3, 0.4) is 0 Å². The molecule has 0 fully saturated rings. The van der Waals surface area contributed by atoms with Gasteiger partial charge in [-0.1, -0.05) is 13.0 Å². The Labute approximate surface area is 118 Å². The average molecular weight is 276 g/mol. The lowest BCUT2D eigenvalue weighted by atomic mass is 10.2. The van der Waals surface area contributed by atoms with Crippen LogP contribution < -0.4 is 15.4 Å². The van der Waals surface area contributed by atoms with E-state index in [0.29, 0.717) is 12.3 Å². The Morgan fingerprint density at radius 1 is 1.32 bits per heavy atom.